The zero-order valence-electron chi connectivity index (χ0n) is 12.8. The van der Waals surface area contributed by atoms with Crippen LogP contribution in [0.1, 0.15) is 35.3 Å². The van der Waals surface area contributed by atoms with E-state index in [4.69, 9.17) is 4.74 Å². The highest BCUT2D eigenvalue weighted by molar-refractivity contribution is 7.72. The van der Waals surface area contributed by atoms with Gasteiger partial charge in [0.1, 0.15) is 18.1 Å². The Morgan fingerprint density at radius 2 is 2.04 bits per heavy atom. The molecule has 0 aliphatic carbocycles. The highest BCUT2D eigenvalue weighted by Crippen LogP contribution is 2.32. The van der Waals surface area contributed by atoms with E-state index in [2.05, 4.69) is 6.07 Å². The maximum Gasteiger partial charge on any atom is 0.168 e. The van der Waals surface area contributed by atoms with E-state index >= 15 is 0 Å². The summed E-state index contributed by atoms with van der Waals surface area (Å²) in [4.78, 5) is 11.6. The number of phenolic OH excluding ortho intramolecular Hbond substituents is 1. The van der Waals surface area contributed by atoms with Crippen molar-refractivity contribution in [1.82, 2.24) is 0 Å². The summed E-state index contributed by atoms with van der Waals surface area (Å²) in [5.41, 5.74) is 1.46. The molecule has 0 heterocycles. The average Bonchev–Trinajstić information content (AvgIpc) is 2.52. The Kier molecular flexibility index (Phi) is 5.39. The van der Waals surface area contributed by atoms with Crippen molar-refractivity contribution in [3.05, 3.63) is 53.1 Å². The molecule has 1 radical (unpaired) electrons. The number of thiol groups is 1. The number of ketones is 1. The summed E-state index contributed by atoms with van der Waals surface area (Å²) in [5, 5.41) is 10.2. The van der Waals surface area contributed by atoms with Crippen molar-refractivity contribution in [3.63, 3.8) is 0 Å². The molecule has 0 saturated carbocycles. The van der Waals surface area contributed by atoms with Crippen LogP contribution in [-0.2, 0) is 23.7 Å². The molecule has 2 rings (SSSR count). The lowest BCUT2D eigenvalue weighted by Gasteiger charge is -2.14. The standard InChI is InChI=1S/C17H17O5S/c1-3-14-16(8-7-15(11(2)18)17(14)19)22-10-12-5-4-6-13(9-12)23(20)21/h5-9,19,23H,3,10H2,1-2H3. The van der Waals surface area contributed by atoms with Crippen LogP contribution in [0.15, 0.2) is 35.2 Å². The molecule has 121 valence electrons. The second-order valence-electron chi connectivity index (χ2n) is 4.99. The summed E-state index contributed by atoms with van der Waals surface area (Å²) < 4.78 is 27.6. The molecule has 2 aromatic carbocycles. The van der Waals surface area contributed by atoms with E-state index in [-0.39, 0.29) is 28.6 Å². The monoisotopic (exact) mass is 333 g/mol. The van der Waals surface area contributed by atoms with Gasteiger partial charge in [0.2, 0.25) is 0 Å². The van der Waals surface area contributed by atoms with Crippen LogP contribution in [0.3, 0.4) is 0 Å². The van der Waals surface area contributed by atoms with E-state index in [9.17, 15) is 18.3 Å². The third-order valence-electron chi connectivity index (χ3n) is 3.41. The number of carbonyl (C=O) groups is 1. The zero-order valence-corrected chi connectivity index (χ0v) is 13.7. The molecule has 1 N–H and O–H groups in total. The minimum absolute atomic E-state index is 0.0690. The van der Waals surface area contributed by atoms with Gasteiger partial charge in [0.05, 0.1) is 10.5 Å². The Labute approximate surface area is 136 Å². The molecular weight excluding hydrogens is 316 g/mol. The van der Waals surface area contributed by atoms with Gasteiger partial charge in [0.15, 0.2) is 16.5 Å². The van der Waals surface area contributed by atoms with Crippen LogP contribution in [0.25, 0.3) is 0 Å². The first-order valence-electron chi connectivity index (χ1n) is 7.07. The molecular formula is C17H17O5S. The predicted octanol–water partition coefficient (Wildman–Crippen LogP) is 2.51. The van der Waals surface area contributed by atoms with Gasteiger partial charge in [0.25, 0.3) is 0 Å². The predicted molar refractivity (Wildman–Crippen MR) is 85.7 cm³/mol. The lowest BCUT2D eigenvalue weighted by Crippen LogP contribution is -2.02. The van der Waals surface area contributed by atoms with E-state index in [1.807, 2.05) is 6.92 Å². The molecule has 23 heavy (non-hydrogen) atoms. The number of Topliss-reactive ketones (excluding diaryl/α,β-unsaturated/α-hetero) is 1. The summed E-state index contributed by atoms with van der Waals surface area (Å²) in [6.07, 6.45) is 0.501. The van der Waals surface area contributed by atoms with Crippen LogP contribution >= 0.6 is 0 Å². The maximum atomic E-state index is 11.5. The summed E-state index contributed by atoms with van der Waals surface area (Å²) >= 11 is 0. The van der Waals surface area contributed by atoms with E-state index in [1.165, 1.54) is 25.1 Å². The second-order valence-corrected chi connectivity index (χ2v) is 6.02. The largest absolute Gasteiger partial charge is 0.507 e. The topological polar surface area (TPSA) is 80.7 Å². The average molecular weight is 333 g/mol. The van der Waals surface area contributed by atoms with E-state index in [0.717, 1.165) is 0 Å². The number of carbonyl (C=O) groups excluding carboxylic acids is 1. The summed E-state index contributed by atoms with van der Waals surface area (Å²) in [6, 6.07) is 10.4. The first-order chi connectivity index (χ1) is 10.9. The molecule has 0 aromatic heterocycles. The molecule has 0 unspecified atom stereocenters. The van der Waals surface area contributed by atoms with Crippen molar-refractivity contribution >= 4 is 16.5 Å². The molecule has 0 spiro atoms. The van der Waals surface area contributed by atoms with Crippen molar-refractivity contribution in [1.29, 1.82) is 0 Å². The van der Waals surface area contributed by atoms with Gasteiger partial charge in [-0.15, -0.1) is 0 Å². The van der Waals surface area contributed by atoms with Crippen LogP contribution in [0.4, 0.5) is 0 Å². The Hall–Kier alpha value is -2.34. The second kappa shape index (κ2) is 7.28. The molecule has 5 nitrogen and oxygen atoms in total. The first-order valence-corrected chi connectivity index (χ1v) is 8.24. The van der Waals surface area contributed by atoms with Gasteiger partial charge < -0.3 is 9.84 Å². The number of aromatic hydroxyl groups is 1. The maximum absolute atomic E-state index is 11.5. The van der Waals surface area contributed by atoms with Crippen LogP contribution in [0.5, 0.6) is 11.5 Å². The summed E-state index contributed by atoms with van der Waals surface area (Å²) in [6.45, 7) is 3.38. The van der Waals surface area contributed by atoms with Gasteiger partial charge >= 0.3 is 0 Å². The van der Waals surface area contributed by atoms with Crippen molar-refractivity contribution in [2.45, 2.75) is 31.8 Å². The Morgan fingerprint density at radius 1 is 1.30 bits per heavy atom. The van der Waals surface area contributed by atoms with E-state index in [1.54, 1.807) is 12.1 Å². The normalized spacial score (nSPS) is 10.7. The Balaban J connectivity index is 2.25. The SMILES string of the molecule is CCc1c(OCc2c[c]cc([SH](=O)=O)c2)ccc(C(C)=O)c1O. The van der Waals surface area contributed by atoms with Gasteiger partial charge in [-0.25, -0.2) is 8.42 Å². The summed E-state index contributed by atoms with van der Waals surface area (Å²) in [5.74, 6) is 0.178. The highest BCUT2D eigenvalue weighted by Gasteiger charge is 2.15. The number of benzene rings is 2. The van der Waals surface area contributed by atoms with Crippen molar-refractivity contribution < 1.29 is 23.1 Å². The molecule has 0 amide bonds. The molecule has 0 atom stereocenters. The summed E-state index contributed by atoms with van der Waals surface area (Å²) in [7, 11) is -2.67. The molecule has 6 heteroatoms. The van der Waals surface area contributed by atoms with Crippen molar-refractivity contribution in [3.8, 4) is 11.5 Å². The van der Waals surface area contributed by atoms with Gasteiger partial charge in [-0.05, 0) is 55.3 Å². The van der Waals surface area contributed by atoms with Crippen molar-refractivity contribution in [2.75, 3.05) is 0 Å². The lowest BCUT2D eigenvalue weighted by molar-refractivity contribution is 0.101. The quantitative estimate of drug-likeness (QED) is 0.627. The molecule has 0 aliphatic heterocycles. The number of phenols is 1. The molecule has 0 fully saturated rings. The zero-order chi connectivity index (χ0) is 17.0. The van der Waals surface area contributed by atoms with Gasteiger partial charge in [-0.1, -0.05) is 6.92 Å². The first kappa shape index (κ1) is 17.0. The highest BCUT2D eigenvalue weighted by atomic mass is 32.2. The third kappa shape index (κ3) is 3.90. The fraction of sp³-hybridized carbons (Fsp3) is 0.235. The van der Waals surface area contributed by atoms with E-state index in [0.29, 0.717) is 23.3 Å². The fourth-order valence-electron chi connectivity index (χ4n) is 2.24. The van der Waals surface area contributed by atoms with Crippen LogP contribution in [0, 0.1) is 6.07 Å². The van der Waals surface area contributed by atoms with Crippen LogP contribution in [-0.4, -0.2) is 19.3 Å². The van der Waals surface area contributed by atoms with Gasteiger partial charge in [-0.3, -0.25) is 4.79 Å². The van der Waals surface area contributed by atoms with Gasteiger partial charge in [-0.2, -0.15) is 0 Å². The lowest BCUT2D eigenvalue weighted by atomic mass is 10.0. The number of rotatable bonds is 6. The molecule has 0 bridgehead atoms. The van der Waals surface area contributed by atoms with Gasteiger partial charge in [0, 0.05) is 5.56 Å². The minimum atomic E-state index is -2.67. The number of hydrogen-bond donors (Lipinski definition) is 2. The minimum Gasteiger partial charge on any atom is -0.507 e. The van der Waals surface area contributed by atoms with Crippen LogP contribution < -0.4 is 4.74 Å². The van der Waals surface area contributed by atoms with Crippen LogP contribution in [0.2, 0.25) is 0 Å². The Morgan fingerprint density at radius 3 is 2.65 bits per heavy atom. The van der Waals surface area contributed by atoms with Crippen molar-refractivity contribution in [2.24, 2.45) is 0 Å². The molecule has 0 saturated heterocycles. The number of ether oxygens (including phenoxy) is 1. The fourth-order valence-corrected chi connectivity index (χ4v) is 2.69. The van der Waals surface area contributed by atoms with E-state index < -0.39 is 10.7 Å². The Bertz CT molecular complexity index is 801. The third-order valence-corrected chi connectivity index (χ3v) is 4.09. The number of hydrogen-bond acceptors (Lipinski definition) is 5. The smallest absolute Gasteiger partial charge is 0.168 e. The molecule has 0 aliphatic rings. The molecule has 2 aromatic rings.